The molecule has 0 aromatic carbocycles. The first kappa shape index (κ1) is 8.27. The Morgan fingerprint density at radius 1 is 1.45 bits per heavy atom. The van der Waals surface area contributed by atoms with Gasteiger partial charge in [-0.15, -0.1) is 0 Å². The molecule has 60 valence electrons. The third-order valence-electron chi connectivity index (χ3n) is 1.53. The van der Waals surface area contributed by atoms with Gasteiger partial charge in [0.1, 0.15) is 10.4 Å². The molecular weight excluding hydrogens is 158 g/mol. The summed E-state index contributed by atoms with van der Waals surface area (Å²) in [6.45, 7) is 4.13. The third-order valence-corrected chi connectivity index (χ3v) is 1.84. The fourth-order valence-electron chi connectivity index (χ4n) is 0.818. The molecule has 11 heavy (non-hydrogen) atoms. The van der Waals surface area contributed by atoms with Gasteiger partial charge in [-0.05, 0) is 18.1 Å². The van der Waals surface area contributed by atoms with Crippen LogP contribution in [0.3, 0.4) is 0 Å². The van der Waals surface area contributed by atoms with Gasteiger partial charge in [-0.1, -0.05) is 26.1 Å². The van der Waals surface area contributed by atoms with Crippen molar-refractivity contribution in [3.8, 4) is 5.75 Å². The lowest BCUT2D eigenvalue weighted by Crippen LogP contribution is -1.91. The third kappa shape index (κ3) is 1.80. The van der Waals surface area contributed by atoms with Gasteiger partial charge in [0, 0.05) is 5.69 Å². The van der Waals surface area contributed by atoms with Crippen LogP contribution in [0.2, 0.25) is 0 Å². The molecule has 1 aromatic heterocycles. The summed E-state index contributed by atoms with van der Waals surface area (Å²) in [5.74, 6) is 0.557. The molecule has 0 aliphatic heterocycles. The Morgan fingerprint density at radius 3 is 2.55 bits per heavy atom. The van der Waals surface area contributed by atoms with Crippen LogP contribution >= 0.6 is 12.2 Å². The van der Waals surface area contributed by atoms with Gasteiger partial charge in [0.2, 0.25) is 0 Å². The van der Waals surface area contributed by atoms with Gasteiger partial charge in [0.25, 0.3) is 0 Å². The largest absolute Gasteiger partial charge is 0.505 e. The van der Waals surface area contributed by atoms with Crippen molar-refractivity contribution in [2.75, 3.05) is 0 Å². The highest BCUT2D eigenvalue weighted by Crippen LogP contribution is 2.15. The van der Waals surface area contributed by atoms with E-state index >= 15 is 0 Å². The summed E-state index contributed by atoms with van der Waals surface area (Å²) in [5, 5.41) is 9.09. The summed E-state index contributed by atoms with van der Waals surface area (Å²) in [4.78, 5) is 2.94. The van der Waals surface area contributed by atoms with Gasteiger partial charge in [0.15, 0.2) is 0 Å². The van der Waals surface area contributed by atoms with E-state index in [0.717, 1.165) is 5.69 Å². The Hall–Kier alpha value is -0.830. The lowest BCUT2D eigenvalue weighted by Gasteiger charge is -2.04. The van der Waals surface area contributed by atoms with E-state index in [1.54, 1.807) is 6.07 Å². The molecule has 0 aliphatic carbocycles. The molecule has 0 saturated heterocycles. The maximum atomic E-state index is 9.09. The van der Waals surface area contributed by atoms with Crippen molar-refractivity contribution in [2.45, 2.75) is 19.8 Å². The van der Waals surface area contributed by atoms with E-state index in [2.05, 4.69) is 18.8 Å². The Balaban J connectivity index is 3.16. The summed E-state index contributed by atoms with van der Waals surface area (Å²) in [5.41, 5.74) is 1.05. The van der Waals surface area contributed by atoms with Crippen molar-refractivity contribution in [1.82, 2.24) is 4.98 Å². The predicted molar refractivity (Wildman–Crippen MR) is 47.4 cm³/mol. The second-order valence-corrected chi connectivity index (χ2v) is 3.19. The zero-order valence-corrected chi connectivity index (χ0v) is 7.40. The quantitative estimate of drug-likeness (QED) is 0.634. The lowest BCUT2D eigenvalue weighted by atomic mass is 10.1. The van der Waals surface area contributed by atoms with Crippen LogP contribution in [-0.2, 0) is 0 Å². The molecule has 2 nitrogen and oxygen atoms in total. The molecule has 3 heteroatoms. The van der Waals surface area contributed by atoms with Gasteiger partial charge < -0.3 is 10.1 Å². The van der Waals surface area contributed by atoms with Crippen LogP contribution in [0.25, 0.3) is 0 Å². The van der Waals surface area contributed by atoms with E-state index < -0.39 is 0 Å². The second kappa shape index (κ2) is 3.05. The minimum absolute atomic E-state index is 0.143. The second-order valence-electron chi connectivity index (χ2n) is 2.78. The number of H-pyrrole nitrogens is 1. The number of hydrogen-bond donors (Lipinski definition) is 2. The molecule has 0 aliphatic rings. The monoisotopic (exact) mass is 169 g/mol. The molecular formula is C8H11NOS. The Bertz CT molecular complexity index is 303. The summed E-state index contributed by atoms with van der Waals surface area (Å²) in [6.07, 6.45) is 0. The molecule has 0 atom stereocenters. The van der Waals surface area contributed by atoms with Crippen LogP contribution < -0.4 is 0 Å². The van der Waals surface area contributed by atoms with Gasteiger partial charge in [-0.3, -0.25) is 0 Å². The zero-order valence-electron chi connectivity index (χ0n) is 6.59. The molecule has 0 fully saturated rings. The highest BCUT2D eigenvalue weighted by molar-refractivity contribution is 7.71. The van der Waals surface area contributed by atoms with Crippen LogP contribution in [0.15, 0.2) is 12.1 Å². The zero-order chi connectivity index (χ0) is 8.43. The van der Waals surface area contributed by atoms with E-state index in [1.165, 1.54) is 0 Å². The highest BCUT2D eigenvalue weighted by atomic mass is 32.1. The number of rotatable bonds is 1. The number of aromatic hydroxyl groups is 1. The highest BCUT2D eigenvalue weighted by Gasteiger charge is 1.99. The average molecular weight is 169 g/mol. The van der Waals surface area contributed by atoms with Crippen molar-refractivity contribution in [3.05, 3.63) is 22.5 Å². The molecule has 0 radical (unpaired) electrons. The summed E-state index contributed by atoms with van der Waals surface area (Å²) in [7, 11) is 0. The minimum Gasteiger partial charge on any atom is -0.505 e. The van der Waals surface area contributed by atoms with Crippen LogP contribution in [0, 0.1) is 4.64 Å². The molecule has 1 aromatic rings. The van der Waals surface area contributed by atoms with E-state index in [-0.39, 0.29) is 5.75 Å². The number of nitrogens with one attached hydrogen (secondary N) is 1. The van der Waals surface area contributed by atoms with E-state index in [9.17, 15) is 0 Å². The Kier molecular flexibility index (Phi) is 2.29. The molecule has 0 bridgehead atoms. The molecule has 0 spiro atoms. The molecule has 1 rings (SSSR count). The molecule has 2 N–H and O–H groups in total. The number of aromatic nitrogens is 1. The minimum atomic E-state index is 0.143. The molecule has 0 saturated carbocycles. The van der Waals surface area contributed by atoms with E-state index in [1.807, 2.05) is 6.07 Å². The Labute approximate surface area is 70.9 Å². The summed E-state index contributed by atoms with van der Waals surface area (Å²) >= 11 is 4.85. The summed E-state index contributed by atoms with van der Waals surface area (Å²) in [6, 6.07) is 3.46. The summed E-state index contributed by atoms with van der Waals surface area (Å²) < 4.78 is 0.413. The van der Waals surface area contributed by atoms with Crippen LogP contribution in [0.1, 0.15) is 25.5 Å². The average Bonchev–Trinajstić information content (AvgIpc) is 1.94. The smallest absolute Gasteiger partial charge is 0.150 e. The fraction of sp³-hybridized carbons (Fsp3) is 0.375. The Morgan fingerprint density at radius 2 is 2.09 bits per heavy atom. The first-order chi connectivity index (χ1) is 5.11. The van der Waals surface area contributed by atoms with Crippen molar-refractivity contribution >= 4 is 12.2 Å². The number of aromatic amines is 1. The van der Waals surface area contributed by atoms with E-state index in [4.69, 9.17) is 17.3 Å². The SMILES string of the molecule is CC(C)c1ccc(O)c(=S)[nH]1. The first-order valence-electron chi connectivity index (χ1n) is 3.53. The topological polar surface area (TPSA) is 36.0 Å². The lowest BCUT2D eigenvalue weighted by molar-refractivity contribution is 0.469. The molecule has 1 heterocycles. The normalized spacial score (nSPS) is 10.5. The van der Waals surface area contributed by atoms with Gasteiger partial charge in [0.05, 0.1) is 0 Å². The maximum absolute atomic E-state index is 9.09. The van der Waals surface area contributed by atoms with Crippen LogP contribution in [-0.4, -0.2) is 10.1 Å². The maximum Gasteiger partial charge on any atom is 0.150 e. The predicted octanol–water partition coefficient (Wildman–Crippen LogP) is 2.57. The van der Waals surface area contributed by atoms with Crippen molar-refractivity contribution in [2.24, 2.45) is 0 Å². The van der Waals surface area contributed by atoms with Crippen molar-refractivity contribution in [3.63, 3.8) is 0 Å². The van der Waals surface area contributed by atoms with Crippen LogP contribution in [0.5, 0.6) is 5.75 Å². The van der Waals surface area contributed by atoms with Gasteiger partial charge in [-0.25, -0.2) is 0 Å². The fourth-order valence-corrected chi connectivity index (χ4v) is 1.00. The first-order valence-corrected chi connectivity index (χ1v) is 3.94. The number of hydrogen-bond acceptors (Lipinski definition) is 2. The molecule has 0 unspecified atom stereocenters. The van der Waals surface area contributed by atoms with E-state index in [0.29, 0.717) is 10.6 Å². The van der Waals surface area contributed by atoms with Gasteiger partial charge >= 0.3 is 0 Å². The van der Waals surface area contributed by atoms with Crippen LogP contribution in [0.4, 0.5) is 0 Å². The standard InChI is InChI=1S/C8H11NOS/c1-5(2)6-3-4-7(10)8(11)9-6/h3-5,10H,1-2H3,(H,9,11). The van der Waals surface area contributed by atoms with Crippen molar-refractivity contribution in [1.29, 1.82) is 0 Å². The van der Waals surface area contributed by atoms with Gasteiger partial charge in [-0.2, -0.15) is 0 Å². The number of pyridine rings is 1. The molecule has 0 amide bonds. The van der Waals surface area contributed by atoms with Crippen molar-refractivity contribution < 1.29 is 5.11 Å².